The number of carbonyl (C=O) groups excluding carboxylic acids is 1. The quantitative estimate of drug-likeness (QED) is 0.852. The topological polar surface area (TPSA) is 54.0 Å². The Balaban J connectivity index is 1.60. The maximum absolute atomic E-state index is 12.0. The molecule has 0 aromatic rings. The van der Waals surface area contributed by atoms with Gasteiger partial charge in [0.25, 0.3) is 0 Å². The van der Waals surface area contributed by atoms with E-state index in [9.17, 15) is 4.79 Å². The largest absolute Gasteiger partial charge is 0.444 e. The zero-order valence-corrected chi connectivity index (χ0v) is 15.1. The predicted molar refractivity (Wildman–Crippen MR) is 90.7 cm³/mol. The summed E-state index contributed by atoms with van der Waals surface area (Å²) in [5.74, 6) is 0. The van der Waals surface area contributed by atoms with Crippen LogP contribution in [-0.4, -0.2) is 79.5 Å². The summed E-state index contributed by atoms with van der Waals surface area (Å²) in [4.78, 5) is 16.3. The first-order valence-corrected chi connectivity index (χ1v) is 8.89. The Kier molecular flexibility index (Phi) is 6.68. The molecule has 0 saturated carbocycles. The molecule has 2 rings (SSSR count). The van der Waals surface area contributed by atoms with Gasteiger partial charge in [0, 0.05) is 51.9 Å². The number of piperazine rings is 1. The Morgan fingerprint density at radius 3 is 2.57 bits per heavy atom. The van der Waals surface area contributed by atoms with Gasteiger partial charge >= 0.3 is 6.09 Å². The fraction of sp³-hybridized carbons (Fsp3) is 0.941. The van der Waals surface area contributed by atoms with Crippen LogP contribution in [-0.2, 0) is 9.47 Å². The van der Waals surface area contributed by atoms with Crippen molar-refractivity contribution in [3.8, 4) is 0 Å². The van der Waals surface area contributed by atoms with Gasteiger partial charge in [0.05, 0.1) is 6.10 Å². The van der Waals surface area contributed by atoms with E-state index in [1.165, 1.54) is 0 Å². The summed E-state index contributed by atoms with van der Waals surface area (Å²) in [6.07, 6.45) is 2.40. The number of hydrogen-bond acceptors (Lipinski definition) is 5. The second-order valence-corrected chi connectivity index (χ2v) is 7.67. The van der Waals surface area contributed by atoms with Crippen LogP contribution in [0.5, 0.6) is 0 Å². The SMILES string of the molecule is CC1CC(NCCN2CCN(C(=O)OC(C)(C)C)CC2)CCO1. The summed E-state index contributed by atoms with van der Waals surface area (Å²) >= 11 is 0. The Morgan fingerprint density at radius 1 is 1.26 bits per heavy atom. The van der Waals surface area contributed by atoms with E-state index in [2.05, 4.69) is 17.1 Å². The van der Waals surface area contributed by atoms with Gasteiger partial charge in [-0.1, -0.05) is 0 Å². The molecule has 2 atom stereocenters. The molecule has 134 valence electrons. The fourth-order valence-electron chi connectivity index (χ4n) is 3.09. The number of ether oxygens (including phenoxy) is 2. The second-order valence-electron chi connectivity index (χ2n) is 7.67. The van der Waals surface area contributed by atoms with Gasteiger partial charge in [-0.05, 0) is 40.5 Å². The highest BCUT2D eigenvalue weighted by atomic mass is 16.6. The van der Waals surface area contributed by atoms with Gasteiger partial charge in [0.2, 0.25) is 0 Å². The van der Waals surface area contributed by atoms with Gasteiger partial charge < -0.3 is 19.7 Å². The smallest absolute Gasteiger partial charge is 0.410 e. The van der Waals surface area contributed by atoms with Crippen LogP contribution in [0.4, 0.5) is 4.79 Å². The molecule has 2 saturated heterocycles. The third-order valence-corrected chi connectivity index (χ3v) is 4.37. The first kappa shape index (κ1) is 18.5. The van der Waals surface area contributed by atoms with Crippen LogP contribution in [0.25, 0.3) is 0 Å². The van der Waals surface area contributed by atoms with Crippen molar-refractivity contribution in [2.45, 2.75) is 58.3 Å². The summed E-state index contributed by atoms with van der Waals surface area (Å²) in [5.41, 5.74) is -0.418. The molecular formula is C17H33N3O3. The van der Waals surface area contributed by atoms with Crippen molar-refractivity contribution < 1.29 is 14.3 Å². The number of nitrogens with one attached hydrogen (secondary N) is 1. The maximum atomic E-state index is 12.0. The summed E-state index contributed by atoms with van der Waals surface area (Å²) in [6.45, 7) is 14.1. The molecule has 0 spiro atoms. The third-order valence-electron chi connectivity index (χ3n) is 4.37. The number of hydrogen-bond donors (Lipinski definition) is 1. The molecule has 0 aromatic carbocycles. The van der Waals surface area contributed by atoms with Crippen molar-refractivity contribution in [1.82, 2.24) is 15.1 Å². The van der Waals surface area contributed by atoms with Crippen molar-refractivity contribution in [1.29, 1.82) is 0 Å². The first-order chi connectivity index (χ1) is 10.8. The Labute approximate surface area is 140 Å². The minimum absolute atomic E-state index is 0.188. The van der Waals surface area contributed by atoms with E-state index in [-0.39, 0.29) is 6.09 Å². The fourth-order valence-corrected chi connectivity index (χ4v) is 3.09. The monoisotopic (exact) mass is 327 g/mol. The predicted octanol–water partition coefficient (Wildman–Crippen LogP) is 1.70. The molecule has 2 unspecified atom stereocenters. The van der Waals surface area contributed by atoms with E-state index in [1.54, 1.807) is 0 Å². The van der Waals surface area contributed by atoms with Crippen molar-refractivity contribution in [2.24, 2.45) is 0 Å². The highest BCUT2D eigenvalue weighted by molar-refractivity contribution is 5.68. The first-order valence-electron chi connectivity index (χ1n) is 8.89. The van der Waals surface area contributed by atoms with E-state index in [4.69, 9.17) is 9.47 Å². The minimum atomic E-state index is -0.418. The van der Waals surface area contributed by atoms with Crippen molar-refractivity contribution in [3.05, 3.63) is 0 Å². The molecule has 2 heterocycles. The van der Waals surface area contributed by atoms with Gasteiger partial charge in [0.1, 0.15) is 5.60 Å². The molecular weight excluding hydrogens is 294 g/mol. The average Bonchev–Trinajstić information content (AvgIpc) is 2.46. The lowest BCUT2D eigenvalue weighted by atomic mass is 10.0. The van der Waals surface area contributed by atoms with E-state index in [1.807, 2.05) is 25.7 Å². The minimum Gasteiger partial charge on any atom is -0.444 e. The van der Waals surface area contributed by atoms with E-state index < -0.39 is 5.60 Å². The van der Waals surface area contributed by atoms with Crippen molar-refractivity contribution in [3.63, 3.8) is 0 Å². The Bertz CT molecular complexity index is 376. The number of rotatable bonds is 4. The van der Waals surface area contributed by atoms with E-state index in [0.29, 0.717) is 12.1 Å². The normalized spacial score (nSPS) is 27.0. The van der Waals surface area contributed by atoms with Gasteiger partial charge in [-0.25, -0.2) is 4.79 Å². The van der Waals surface area contributed by atoms with Gasteiger partial charge in [-0.15, -0.1) is 0 Å². The van der Waals surface area contributed by atoms with Crippen molar-refractivity contribution >= 4 is 6.09 Å². The van der Waals surface area contributed by atoms with Crippen LogP contribution in [0.1, 0.15) is 40.5 Å². The standard InChI is InChI=1S/C17H33N3O3/c1-14-13-15(5-12-22-14)18-6-7-19-8-10-20(11-9-19)16(21)23-17(2,3)4/h14-15,18H,5-13H2,1-4H3. The second kappa shape index (κ2) is 8.31. The molecule has 0 aromatic heterocycles. The average molecular weight is 327 g/mol. The Morgan fingerprint density at radius 2 is 1.96 bits per heavy atom. The molecule has 0 radical (unpaired) electrons. The third kappa shape index (κ3) is 6.65. The molecule has 23 heavy (non-hydrogen) atoms. The molecule has 2 aliphatic heterocycles. The lowest BCUT2D eigenvalue weighted by Gasteiger charge is -2.36. The van der Waals surface area contributed by atoms with E-state index in [0.717, 1.165) is 58.7 Å². The summed E-state index contributed by atoms with van der Waals surface area (Å²) in [6, 6.07) is 0.585. The molecule has 1 N–H and O–H groups in total. The van der Waals surface area contributed by atoms with Crippen LogP contribution in [0.3, 0.4) is 0 Å². The summed E-state index contributed by atoms with van der Waals surface area (Å²) in [7, 11) is 0. The maximum Gasteiger partial charge on any atom is 0.410 e. The molecule has 1 amide bonds. The highest BCUT2D eigenvalue weighted by Gasteiger charge is 2.26. The lowest BCUT2D eigenvalue weighted by molar-refractivity contribution is 0.0109. The summed E-state index contributed by atoms with van der Waals surface area (Å²) < 4.78 is 11.0. The number of nitrogens with zero attached hydrogens (tertiary/aromatic N) is 2. The zero-order chi connectivity index (χ0) is 16.9. The molecule has 2 fully saturated rings. The van der Waals surface area contributed by atoms with Gasteiger partial charge in [-0.2, -0.15) is 0 Å². The van der Waals surface area contributed by atoms with Crippen LogP contribution < -0.4 is 5.32 Å². The molecule has 0 bridgehead atoms. The van der Waals surface area contributed by atoms with Crippen molar-refractivity contribution in [2.75, 3.05) is 45.9 Å². The summed E-state index contributed by atoms with van der Waals surface area (Å²) in [5, 5.41) is 3.64. The van der Waals surface area contributed by atoms with Crippen LogP contribution in [0.15, 0.2) is 0 Å². The lowest BCUT2D eigenvalue weighted by Crippen LogP contribution is -2.51. The highest BCUT2D eigenvalue weighted by Crippen LogP contribution is 2.13. The molecule has 2 aliphatic rings. The molecule has 6 heteroatoms. The number of amides is 1. The molecule has 0 aliphatic carbocycles. The van der Waals surface area contributed by atoms with Crippen LogP contribution in [0.2, 0.25) is 0 Å². The van der Waals surface area contributed by atoms with Gasteiger partial charge in [-0.3, -0.25) is 4.90 Å². The van der Waals surface area contributed by atoms with Crippen LogP contribution >= 0.6 is 0 Å². The van der Waals surface area contributed by atoms with Gasteiger partial charge in [0.15, 0.2) is 0 Å². The Hall–Kier alpha value is -0.850. The van der Waals surface area contributed by atoms with Crippen LogP contribution in [0, 0.1) is 0 Å². The zero-order valence-electron chi connectivity index (χ0n) is 15.1. The van der Waals surface area contributed by atoms with E-state index >= 15 is 0 Å². The number of carbonyl (C=O) groups is 1. The molecule has 6 nitrogen and oxygen atoms in total.